The van der Waals surface area contributed by atoms with Crippen molar-refractivity contribution in [3.8, 4) is 17.2 Å². The molecule has 0 fully saturated rings. The van der Waals surface area contributed by atoms with Gasteiger partial charge in [-0.15, -0.1) is 13.2 Å². The summed E-state index contributed by atoms with van der Waals surface area (Å²) in [5.74, 6) is 0.326. The zero-order chi connectivity index (χ0) is 33.7. The predicted molar refractivity (Wildman–Crippen MR) is 179 cm³/mol. The van der Waals surface area contributed by atoms with Crippen LogP contribution in [0.2, 0.25) is 0 Å². The molecule has 0 aromatic heterocycles. The number of allylic oxidation sites excluding steroid dienone is 3. The first-order valence-corrected chi connectivity index (χ1v) is 15.1. The third-order valence-electron chi connectivity index (χ3n) is 7.25. The Balaban J connectivity index is 2.76. The third kappa shape index (κ3) is 8.81. The van der Waals surface area contributed by atoms with E-state index in [9.17, 15) is 14.4 Å². The van der Waals surface area contributed by atoms with Crippen LogP contribution in [0, 0.1) is 10.8 Å². The van der Waals surface area contributed by atoms with Crippen LogP contribution in [-0.4, -0.2) is 24.3 Å². The maximum Gasteiger partial charge on any atom is 0.316 e. The van der Waals surface area contributed by atoms with Gasteiger partial charge in [0, 0.05) is 33.1 Å². The zero-order valence-corrected chi connectivity index (χ0v) is 28.5. The summed E-state index contributed by atoms with van der Waals surface area (Å²) in [5.41, 5.74) is -0.171. The second-order valence-corrected chi connectivity index (χ2v) is 14.2. The van der Waals surface area contributed by atoms with Crippen LogP contribution in [0.25, 0.3) is 6.08 Å². The van der Waals surface area contributed by atoms with Crippen LogP contribution in [0.1, 0.15) is 110 Å². The third-order valence-corrected chi connectivity index (χ3v) is 7.25. The Bertz CT molecular complexity index is 1420. The summed E-state index contributed by atoms with van der Waals surface area (Å²) in [6.07, 6.45) is 7.56. The van der Waals surface area contributed by atoms with E-state index < -0.39 is 21.7 Å². The highest BCUT2D eigenvalue weighted by molar-refractivity contribution is 6.07. The van der Waals surface area contributed by atoms with Crippen molar-refractivity contribution in [2.24, 2.45) is 10.8 Å². The first-order chi connectivity index (χ1) is 20.2. The van der Waals surface area contributed by atoms with Crippen LogP contribution >= 0.6 is 0 Å². The van der Waals surface area contributed by atoms with Gasteiger partial charge in [-0.1, -0.05) is 46.8 Å². The summed E-state index contributed by atoms with van der Waals surface area (Å²) in [4.78, 5) is 38.8. The second kappa shape index (κ2) is 13.8. The van der Waals surface area contributed by atoms with Gasteiger partial charge in [0.05, 0.1) is 17.4 Å². The van der Waals surface area contributed by atoms with Crippen LogP contribution in [0.5, 0.6) is 17.2 Å². The molecule has 0 aliphatic rings. The van der Waals surface area contributed by atoms with Crippen molar-refractivity contribution in [3.05, 3.63) is 84.0 Å². The van der Waals surface area contributed by atoms with Gasteiger partial charge < -0.3 is 14.2 Å². The van der Waals surface area contributed by atoms with E-state index in [1.54, 1.807) is 63.3 Å². The highest BCUT2D eigenvalue weighted by atomic mass is 16.5. The average Bonchev–Trinajstić information content (AvgIpc) is 2.94. The van der Waals surface area contributed by atoms with Crippen LogP contribution in [-0.2, 0) is 20.4 Å². The number of esters is 2. The summed E-state index contributed by atoms with van der Waals surface area (Å²) in [6.45, 7) is 29.3. The van der Waals surface area contributed by atoms with E-state index in [2.05, 4.69) is 13.2 Å². The van der Waals surface area contributed by atoms with Gasteiger partial charge in [-0.2, -0.15) is 0 Å². The molecule has 0 spiro atoms. The lowest BCUT2D eigenvalue weighted by molar-refractivity contribution is -0.143. The van der Waals surface area contributed by atoms with E-state index in [0.29, 0.717) is 40.5 Å². The smallest absolute Gasteiger partial charge is 0.316 e. The molecule has 0 unspecified atom stereocenters. The molecule has 2 aromatic rings. The molecule has 0 saturated heterocycles. The molecule has 0 saturated carbocycles. The van der Waals surface area contributed by atoms with Gasteiger partial charge in [0.2, 0.25) is 0 Å². The van der Waals surface area contributed by atoms with Crippen molar-refractivity contribution in [1.29, 1.82) is 0 Å². The fraction of sp³-hybridized carbons (Fsp3) is 0.447. The van der Waals surface area contributed by atoms with E-state index in [1.807, 2.05) is 61.5 Å². The van der Waals surface area contributed by atoms with Gasteiger partial charge in [-0.05, 0) is 90.4 Å². The molecule has 0 N–H and O–H groups in total. The molecule has 6 nitrogen and oxygen atoms in total. The van der Waals surface area contributed by atoms with E-state index in [0.717, 1.165) is 12.0 Å². The Hall–Kier alpha value is -3.93. The Morgan fingerprint density at radius 3 is 1.75 bits per heavy atom. The Morgan fingerprint density at radius 2 is 1.27 bits per heavy atom. The second-order valence-electron chi connectivity index (χ2n) is 14.2. The highest BCUT2D eigenvalue weighted by Crippen LogP contribution is 2.49. The lowest BCUT2D eigenvalue weighted by Crippen LogP contribution is -2.30. The minimum Gasteiger partial charge on any atom is -0.493 e. The van der Waals surface area contributed by atoms with Crippen LogP contribution in [0.3, 0.4) is 0 Å². The summed E-state index contributed by atoms with van der Waals surface area (Å²) in [5, 5.41) is 0. The maximum absolute atomic E-state index is 13.3. The molecule has 0 radical (unpaired) electrons. The first kappa shape index (κ1) is 36.3. The molecule has 0 aliphatic carbocycles. The number of hydrogen-bond acceptors (Lipinski definition) is 6. The van der Waals surface area contributed by atoms with Gasteiger partial charge in [0.15, 0.2) is 5.78 Å². The number of hydrogen-bond donors (Lipinski definition) is 0. The topological polar surface area (TPSA) is 78.9 Å². The average molecular weight is 603 g/mol. The number of carbonyl (C=O) groups is 3. The number of carbonyl (C=O) groups excluding carboxylic acids is 3. The van der Waals surface area contributed by atoms with Crippen molar-refractivity contribution in [2.45, 2.75) is 93.4 Å². The number of ether oxygens (including phenoxy) is 3. The molecule has 0 heterocycles. The molecule has 0 atom stereocenters. The first-order valence-electron chi connectivity index (χ1n) is 15.1. The fourth-order valence-electron chi connectivity index (χ4n) is 3.99. The summed E-state index contributed by atoms with van der Waals surface area (Å²) in [7, 11) is 0. The molecule has 6 heteroatoms. The van der Waals surface area contributed by atoms with Gasteiger partial charge in [0.1, 0.15) is 17.2 Å². The Morgan fingerprint density at radius 1 is 0.750 bits per heavy atom. The van der Waals surface area contributed by atoms with Crippen LogP contribution in [0.15, 0.2) is 61.7 Å². The van der Waals surface area contributed by atoms with Crippen LogP contribution in [0.4, 0.5) is 0 Å². The lowest BCUT2D eigenvalue weighted by Gasteiger charge is -2.33. The molecule has 238 valence electrons. The summed E-state index contributed by atoms with van der Waals surface area (Å²) < 4.78 is 18.0. The minimum atomic E-state index is -0.749. The molecule has 0 amide bonds. The number of benzene rings is 2. The summed E-state index contributed by atoms with van der Waals surface area (Å²) >= 11 is 0. The number of ketones is 1. The normalized spacial score (nSPS) is 12.5. The monoisotopic (exact) mass is 602 g/mol. The van der Waals surface area contributed by atoms with Crippen molar-refractivity contribution in [1.82, 2.24) is 0 Å². The van der Waals surface area contributed by atoms with Crippen LogP contribution < -0.4 is 14.2 Å². The van der Waals surface area contributed by atoms with Gasteiger partial charge in [-0.3, -0.25) is 14.4 Å². The van der Waals surface area contributed by atoms with Crippen molar-refractivity contribution >= 4 is 23.8 Å². The molecular weight excluding hydrogens is 552 g/mol. The molecular formula is C38H50O6. The van der Waals surface area contributed by atoms with Crippen molar-refractivity contribution in [2.75, 3.05) is 6.61 Å². The standard InChI is InChI=1S/C38H50O6/c1-14-23-42-31-26(19-22-29(39)25-17-20-27(21-18-25)43-33(40)35(4,5)6)24-28(37(10,11)15-2)32(30(31)38(12,13)16-3)44-34(41)36(7,8)9/h15-22,24H,2-3,14,23H2,1,4-13H3/b22-19+. The molecule has 44 heavy (non-hydrogen) atoms. The zero-order valence-electron chi connectivity index (χ0n) is 28.5. The molecule has 0 bridgehead atoms. The van der Waals surface area contributed by atoms with Crippen molar-refractivity contribution < 1.29 is 28.6 Å². The summed E-state index contributed by atoms with van der Waals surface area (Å²) in [6, 6.07) is 8.36. The van der Waals surface area contributed by atoms with Gasteiger partial charge in [-0.25, -0.2) is 0 Å². The van der Waals surface area contributed by atoms with E-state index in [1.165, 1.54) is 6.08 Å². The minimum absolute atomic E-state index is 0.238. The van der Waals surface area contributed by atoms with E-state index in [4.69, 9.17) is 14.2 Å². The molecule has 2 aromatic carbocycles. The maximum atomic E-state index is 13.3. The highest BCUT2D eigenvalue weighted by Gasteiger charge is 2.36. The Kier molecular flexibility index (Phi) is 11.4. The Labute approximate surface area is 264 Å². The van der Waals surface area contributed by atoms with Gasteiger partial charge in [0.25, 0.3) is 0 Å². The largest absolute Gasteiger partial charge is 0.493 e. The van der Waals surface area contributed by atoms with E-state index in [-0.39, 0.29) is 17.7 Å². The quantitative estimate of drug-likeness (QED) is 0.0792. The predicted octanol–water partition coefficient (Wildman–Crippen LogP) is 9.20. The van der Waals surface area contributed by atoms with Crippen molar-refractivity contribution in [3.63, 3.8) is 0 Å². The molecule has 0 aliphatic heterocycles. The molecule has 2 rings (SSSR count). The SMILES string of the molecule is C=CC(C)(C)c1cc(/C=C/C(=O)c2ccc(OC(=O)C(C)(C)C)cc2)c(OCCC)c(C(C)(C)C=C)c1OC(=O)C(C)(C)C. The van der Waals surface area contributed by atoms with Gasteiger partial charge >= 0.3 is 11.9 Å². The lowest BCUT2D eigenvalue weighted by atomic mass is 9.76. The van der Waals surface area contributed by atoms with E-state index >= 15 is 0 Å². The number of rotatable bonds is 12. The fourth-order valence-corrected chi connectivity index (χ4v) is 3.99.